The maximum absolute atomic E-state index is 12.1. The number of halogens is 1. The van der Waals surface area contributed by atoms with Crippen molar-refractivity contribution in [2.75, 3.05) is 5.32 Å². The number of carbonyl (C=O) groups is 1. The third-order valence-corrected chi connectivity index (χ3v) is 4.07. The second-order valence-corrected chi connectivity index (χ2v) is 5.97. The Morgan fingerprint density at radius 3 is 2.65 bits per heavy atom. The summed E-state index contributed by atoms with van der Waals surface area (Å²) in [5.41, 5.74) is 1.53. The average molecular weight is 347 g/mol. The molecule has 3 rings (SSSR count). The first kappa shape index (κ1) is 15.4. The van der Waals surface area contributed by atoms with Crippen LogP contribution in [0.25, 0.3) is 11.3 Å². The van der Waals surface area contributed by atoms with Gasteiger partial charge in [-0.3, -0.25) is 14.9 Å². The molecule has 0 aliphatic rings. The van der Waals surface area contributed by atoms with Crippen LogP contribution in [0.5, 0.6) is 0 Å². The van der Waals surface area contributed by atoms with Crippen molar-refractivity contribution in [2.24, 2.45) is 7.05 Å². The molecule has 8 heteroatoms. The summed E-state index contributed by atoms with van der Waals surface area (Å²) in [6.45, 7) is 0. The first-order chi connectivity index (χ1) is 11.0. The van der Waals surface area contributed by atoms with Gasteiger partial charge in [-0.15, -0.1) is 11.3 Å². The van der Waals surface area contributed by atoms with Crippen LogP contribution in [0.3, 0.4) is 0 Å². The van der Waals surface area contributed by atoms with Gasteiger partial charge in [-0.05, 0) is 18.2 Å². The molecule has 0 aliphatic carbocycles. The quantitative estimate of drug-likeness (QED) is 0.791. The van der Waals surface area contributed by atoms with Gasteiger partial charge >= 0.3 is 0 Å². The molecule has 116 valence electrons. The van der Waals surface area contributed by atoms with Gasteiger partial charge in [-0.25, -0.2) is 9.67 Å². The second kappa shape index (κ2) is 6.31. The minimum absolute atomic E-state index is 0.148. The molecule has 0 aliphatic heterocycles. The highest BCUT2D eigenvalue weighted by atomic mass is 35.5. The predicted octanol–water partition coefficient (Wildman–Crippen LogP) is 2.81. The van der Waals surface area contributed by atoms with Gasteiger partial charge < -0.3 is 0 Å². The van der Waals surface area contributed by atoms with Gasteiger partial charge in [-0.1, -0.05) is 23.7 Å². The molecule has 0 atom stereocenters. The van der Waals surface area contributed by atoms with Gasteiger partial charge in [0.15, 0.2) is 5.13 Å². The minimum Gasteiger partial charge on any atom is -0.296 e. The van der Waals surface area contributed by atoms with E-state index in [-0.39, 0.29) is 11.3 Å². The Morgan fingerprint density at radius 1 is 1.22 bits per heavy atom. The van der Waals surface area contributed by atoms with Crippen LogP contribution in [0.2, 0.25) is 5.02 Å². The van der Waals surface area contributed by atoms with Gasteiger partial charge in [0.05, 0.1) is 5.69 Å². The van der Waals surface area contributed by atoms with Crippen LogP contribution in [0.1, 0.15) is 10.5 Å². The number of aryl methyl sites for hydroxylation is 1. The lowest BCUT2D eigenvalue weighted by molar-refractivity contribution is 0.102. The van der Waals surface area contributed by atoms with E-state index in [2.05, 4.69) is 15.4 Å². The van der Waals surface area contributed by atoms with Crippen LogP contribution in [0, 0.1) is 0 Å². The van der Waals surface area contributed by atoms with Gasteiger partial charge in [-0.2, -0.15) is 5.10 Å². The van der Waals surface area contributed by atoms with E-state index >= 15 is 0 Å². The molecule has 0 radical (unpaired) electrons. The summed E-state index contributed by atoms with van der Waals surface area (Å²) < 4.78 is 1.11. The summed E-state index contributed by atoms with van der Waals surface area (Å²) in [5.74, 6) is -0.419. The fraction of sp³-hybridized carbons (Fsp3) is 0.0667. The Morgan fingerprint density at radius 2 is 1.96 bits per heavy atom. The lowest BCUT2D eigenvalue weighted by atomic mass is 10.2. The Hall–Kier alpha value is -2.51. The van der Waals surface area contributed by atoms with Gasteiger partial charge in [0.2, 0.25) is 0 Å². The SMILES string of the molecule is Cn1nc(C(=O)Nc2nc(-c3ccc(Cl)cc3)cs2)ccc1=O. The number of anilines is 1. The first-order valence-corrected chi connectivity index (χ1v) is 7.86. The van der Waals surface area contributed by atoms with E-state index < -0.39 is 5.91 Å². The van der Waals surface area contributed by atoms with Crippen LogP contribution in [-0.2, 0) is 7.05 Å². The van der Waals surface area contributed by atoms with E-state index in [0.29, 0.717) is 10.2 Å². The number of amides is 1. The third-order valence-electron chi connectivity index (χ3n) is 3.06. The van der Waals surface area contributed by atoms with E-state index in [1.165, 1.54) is 30.5 Å². The summed E-state index contributed by atoms with van der Waals surface area (Å²) in [6, 6.07) is 9.95. The third kappa shape index (κ3) is 3.46. The highest BCUT2D eigenvalue weighted by Crippen LogP contribution is 2.26. The minimum atomic E-state index is -0.419. The number of carbonyl (C=O) groups excluding carboxylic acids is 1. The molecule has 0 saturated heterocycles. The molecule has 2 heterocycles. The van der Waals surface area contributed by atoms with Gasteiger partial charge in [0, 0.05) is 29.1 Å². The van der Waals surface area contributed by atoms with E-state index in [1.54, 1.807) is 12.1 Å². The molecule has 0 unspecified atom stereocenters. The molecule has 2 aromatic heterocycles. The van der Waals surface area contributed by atoms with Crippen molar-refractivity contribution in [1.82, 2.24) is 14.8 Å². The summed E-state index contributed by atoms with van der Waals surface area (Å²) in [7, 11) is 1.49. The summed E-state index contributed by atoms with van der Waals surface area (Å²) in [5, 5.41) is 9.51. The highest BCUT2D eigenvalue weighted by molar-refractivity contribution is 7.14. The number of hydrogen-bond donors (Lipinski definition) is 1. The number of nitrogens with one attached hydrogen (secondary N) is 1. The molecule has 0 saturated carbocycles. The molecule has 6 nitrogen and oxygen atoms in total. The largest absolute Gasteiger partial charge is 0.296 e. The molecule has 0 fully saturated rings. The molecular formula is C15H11ClN4O2S. The number of aromatic nitrogens is 3. The lowest BCUT2D eigenvalue weighted by Gasteiger charge is -2.02. The van der Waals surface area contributed by atoms with E-state index in [9.17, 15) is 9.59 Å². The fourth-order valence-corrected chi connectivity index (χ4v) is 2.71. The summed E-state index contributed by atoms with van der Waals surface area (Å²) in [4.78, 5) is 27.8. The van der Waals surface area contributed by atoms with E-state index in [4.69, 9.17) is 11.6 Å². The van der Waals surface area contributed by atoms with E-state index in [0.717, 1.165) is 15.9 Å². The van der Waals surface area contributed by atoms with Crippen LogP contribution in [0.15, 0.2) is 46.6 Å². The first-order valence-electron chi connectivity index (χ1n) is 6.60. The topological polar surface area (TPSA) is 76.9 Å². The number of benzene rings is 1. The zero-order chi connectivity index (χ0) is 16.4. The van der Waals surface area contributed by atoms with Gasteiger partial charge in [0.1, 0.15) is 5.69 Å². The fourth-order valence-electron chi connectivity index (χ4n) is 1.87. The normalized spacial score (nSPS) is 10.5. The molecule has 23 heavy (non-hydrogen) atoms. The average Bonchev–Trinajstić information content (AvgIpc) is 2.99. The molecule has 0 bridgehead atoms. The Labute approximate surface area is 140 Å². The smallest absolute Gasteiger partial charge is 0.277 e. The van der Waals surface area contributed by atoms with Crippen LogP contribution >= 0.6 is 22.9 Å². The highest BCUT2D eigenvalue weighted by Gasteiger charge is 2.12. The monoisotopic (exact) mass is 346 g/mol. The Kier molecular flexibility index (Phi) is 4.22. The maximum Gasteiger partial charge on any atom is 0.277 e. The van der Waals surface area contributed by atoms with Crippen molar-refractivity contribution in [3.63, 3.8) is 0 Å². The van der Waals surface area contributed by atoms with Crippen molar-refractivity contribution in [2.45, 2.75) is 0 Å². The maximum atomic E-state index is 12.1. The molecule has 1 amide bonds. The standard InChI is InChI=1S/C15H11ClN4O2S/c1-20-13(21)7-6-11(19-20)14(22)18-15-17-12(8-23-15)9-2-4-10(16)5-3-9/h2-8H,1H3,(H,17,18,22). The van der Waals surface area contributed by atoms with Crippen LogP contribution in [-0.4, -0.2) is 20.7 Å². The molecule has 0 spiro atoms. The van der Waals surface area contributed by atoms with Crippen molar-refractivity contribution in [3.8, 4) is 11.3 Å². The molecule has 3 aromatic rings. The van der Waals surface area contributed by atoms with Crippen LogP contribution < -0.4 is 10.9 Å². The second-order valence-electron chi connectivity index (χ2n) is 4.68. The molecular weight excluding hydrogens is 336 g/mol. The number of hydrogen-bond acceptors (Lipinski definition) is 5. The lowest BCUT2D eigenvalue weighted by Crippen LogP contribution is -2.23. The van der Waals surface area contributed by atoms with Gasteiger partial charge in [0.25, 0.3) is 11.5 Å². The van der Waals surface area contributed by atoms with Crippen molar-refractivity contribution in [3.05, 3.63) is 62.8 Å². The zero-order valence-electron chi connectivity index (χ0n) is 12.0. The number of thiazole rings is 1. The summed E-state index contributed by atoms with van der Waals surface area (Å²) >= 11 is 7.17. The Bertz CT molecular complexity index is 918. The van der Waals surface area contributed by atoms with E-state index in [1.807, 2.05) is 17.5 Å². The predicted molar refractivity (Wildman–Crippen MR) is 90.0 cm³/mol. The number of nitrogens with zero attached hydrogens (tertiary/aromatic N) is 3. The zero-order valence-corrected chi connectivity index (χ0v) is 13.6. The van der Waals surface area contributed by atoms with Crippen LogP contribution in [0.4, 0.5) is 5.13 Å². The van der Waals surface area contributed by atoms with Crippen molar-refractivity contribution < 1.29 is 4.79 Å². The Balaban J connectivity index is 1.78. The van der Waals surface area contributed by atoms with Crippen molar-refractivity contribution in [1.29, 1.82) is 0 Å². The summed E-state index contributed by atoms with van der Waals surface area (Å²) in [6.07, 6.45) is 0. The molecule has 1 N–H and O–H groups in total. The number of rotatable bonds is 3. The van der Waals surface area contributed by atoms with Crippen molar-refractivity contribution >= 4 is 34.0 Å². The molecule has 1 aromatic carbocycles.